The maximum atomic E-state index is 13.0. The predicted octanol–water partition coefficient (Wildman–Crippen LogP) is 2.98. The molecule has 1 aromatic heterocycles. The Bertz CT molecular complexity index is 546. The summed E-state index contributed by atoms with van der Waals surface area (Å²) in [6.45, 7) is 0.393. The molecule has 0 aliphatic heterocycles. The van der Waals surface area contributed by atoms with Crippen LogP contribution in [0.5, 0.6) is 5.88 Å². The van der Waals surface area contributed by atoms with Crippen molar-refractivity contribution in [1.82, 2.24) is 4.98 Å². The maximum absolute atomic E-state index is 13.0. The largest absolute Gasteiger partial charge is 0.481 e. The van der Waals surface area contributed by atoms with Crippen LogP contribution in [0, 0.1) is 11.6 Å². The van der Waals surface area contributed by atoms with Gasteiger partial charge in [-0.3, -0.25) is 0 Å². The molecular formula is C13H12F2N2O. The van der Waals surface area contributed by atoms with Gasteiger partial charge in [-0.15, -0.1) is 0 Å². The van der Waals surface area contributed by atoms with Gasteiger partial charge in [0.1, 0.15) is 0 Å². The predicted molar refractivity (Wildman–Crippen MR) is 64.5 cm³/mol. The zero-order valence-corrected chi connectivity index (χ0v) is 9.78. The van der Waals surface area contributed by atoms with Crippen LogP contribution in [0.15, 0.2) is 36.5 Å². The summed E-state index contributed by atoms with van der Waals surface area (Å²) in [6, 6.07) is 7.30. The molecule has 0 bridgehead atoms. The summed E-state index contributed by atoms with van der Waals surface area (Å²) in [6.07, 6.45) is 1.60. The first-order valence-electron chi connectivity index (χ1n) is 5.37. The first-order valence-corrected chi connectivity index (χ1v) is 5.37. The average molecular weight is 250 g/mol. The summed E-state index contributed by atoms with van der Waals surface area (Å²) < 4.78 is 30.7. The van der Waals surface area contributed by atoms with E-state index in [9.17, 15) is 8.78 Å². The van der Waals surface area contributed by atoms with Gasteiger partial charge in [0.05, 0.1) is 7.11 Å². The smallest absolute Gasteiger partial charge is 0.214 e. The molecular weight excluding hydrogens is 238 g/mol. The number of ether oxygens (including phenoxy) is 1. The Morgan fingerprint density at radius 2 is 2.00 bits per heavy atom. The van der Waals surface area contributed by atoms with Gasteiger partial charge in [0.25, 0.3) is 0 Å². The summed E-state index contributed by atoms with van der Waals surface area (Å²) >= 11 is 0. The van der Waals surface area contributed by atoms with Crippen LogP contribution in [-0.4, -0.2) is 12.1 Å². The fourth-order valence-corrected chi connectivity index (χ4v) is 1.48. The Morgan fingerprint density at radius 1 is 1.17 bits per heavy atom. The van der Waals surface area contributed by atoms with E-state index in [1.807, 2.05) is 0 Å². The molecule has 1 aromatic carbocycles. The van der Waals surface area contributed by atoms with Crippen molar-refractivity contribution >= 4 is 5.69 Å². The summed E-state index contributed by atoms with van der Waals surface area (Å²) in [7, 11) is 1.53. The molecule has 0 aliphatic carbocycles. The minimum absolute atomic E-state index is 0.393. The molecule has 3 nitrogen and oxygen atoms in total. The third-order valence-electron chi connectivity index (χ3n) is 2.42. The highest BCUT2D eigenvalue weighted by Crippen LogP contribution is 2.15. The lowest BCUT2D eigenvalue weighted by Crippen LogP contribution is -2.01. The van der Waals surface area contributed by atoms with E-state index in [0.717, 1.165) is 11.8 Å². The second-order valence-electron chi connectivity index (χ2n) is 3.69. The average Bonchev–Trinajstić information content (AvgIpc) is 2.40. The van der Waals surface area contributed by atoms with Crippen LogP contribution in [0.25, 0.3) is 0 Å². The van der Waals surface area contributed by atoms with Crippen LogP contribution >= 0.6 is 0 Å². The van der Waals surface area contributed by atoms with Crippen molar-refractivity contribution in [3.05, 3.63) is 53.7 Å². The molecule has 5 heteroatoms. The normalized spacial score (nSPS) is 10.2. The van der Waals surface area contributed by atoms with Crippen LogP contribution in [0.2, 0.25) is 0 Å². The van der Waals surface area contributed by atoms with E-state index in [2.05, 4.69) is 10.3 Å². The van der Waals surface area contributed by atoms with Crippen LogP contribution in [0.3, 0.4) is 0 Å². The van der Waals surface area contributed by atoms with E-state index in [4.69, 9.17) is 4.74 Å². The molecule has 0 unspecified atom stereocenters. The van der Waals surface area contributed by atoms with Crippen molar-refractivity contribution in [3.63, 3.8) is 0 Å². The molecule has 0 fully saturated rings. The molecule has 0 saturated heterocycles. The molecule has 94 valence electrons. The number of hydrogen-bond acceptors (Lipinski definition) is 3. The van der Waals surface area contributed by atoms with Gasteiger partial charge in [0.15, 0.2) is 11.6 Å². The molecule has 0 saturated carbocycles. The molecule has 2 aromatic rings. The zero-order chi connectivity index (χ0) is 13.0. The second kappa shape index (κ2) is 5.44. The van der Waals surface area contributed by atoms with E-state index in [-0.39, 0.29) is 0 Å². The van der Waals surface area contributed by atoms with Crippen LogP contribution in [0.4, 0.5) is 14.5 Å². The Labute approximate surface area is 103 Å². The molecule has 0 amide bonds. The van der Waals surface area contributed by atoms with Crippen molar-refractivity contribution in [2.24, 2.45) is 0 Å². The first kappa shape index (κ1) is 12.3. The van der Waals surface area contributed by atoms with Gasteiger partial charge >= 0.3 is 0 Å². The van der Waals surface area contributed by atoms with Crippen molar-refractivity contribution in [2.45, 2.75) is 6.54 Å². The summed E-state index contributed by atoms with van der Waals surface area (Å²) in [4.78, 5) is 3.97. The zero-order valence-electron chi connectivity index (χ0n) is 9.78. The Balaban J connectivity index is 2.04. The highest BCUT2D eigenvalue weighted by molar-refractivity contribution is 5.45. The standard InChI is InChI=1S/C13H12F2N2O/c1-18-13-7-10(4-5-16-13)17-8-9-2-3-11(14)12(15)6-9/h2-7H,8H2,1H3,(H,16,17). The van der Waals surface area contributed by atoms with Crippen molar-refractivity contribution in [2.75, 3.05) is 12.4 Å². The molecule has 2 rings (SSSR count). The van der Waals surface area contributed by atoms with Gasteiger partial charge in [-0.25, -0.2) is 13.8 Å². The van der Waals surface area contributed by atoms with E-state index in [0.29, 0.717) is 18.0 Å². The number of nitrogens with one attached hydrogen (secondary N) is 1. The summed E-state index contributed by atoms with van der Waals surface area (Å²) in [5.41, 5.74) is 1.45. The third-order valence-corrected chi connectivity index (χ3v) is 2.42. The fourth-order valence-electron chi connectivity index (χ4n) is 1.48. The molecule has 0 spiro atoms. The molecule has 1 N–H and O–H groups in total. The van der Waals surface area contributed by atoms with Gasteiger partial charge < -0.3 is 10.1 Å². The van der Waals surface area contributed by atoms with Crippen molar-refractivity contribution in [3.8, 4) is 5.88 Å². The second-order valence-corrected chi connectivity index (χ2v) is 3.69. The number of benzene rings is 1. The Hall–Kier alpha value is -2.17. The number of nitrogens with zero attached hydrogens (tertiary/aromatic N) is 1. The van der Waals surface area contributed by atoms with Crippen molar-refractivity contribution < 1.29 is 13.5 Å². The number of methoxy groups -OCH3 is 1. The number of halogens is 2. The minimum Gasteiger partial charge on any atom is -0.481 e. The number of aromatic nitrogens is 1. The minimum atomic E-state index is -0.846. The van der Waals surface area contributed by atoms with Crippen LogP contribution in [-0.2, 0) is 6.54 Å². The fraction of sp³-hybridized carbons (Fsp3) is 0.154. The van der Waals surface area contributed by atoms with Crippen LogP contribution in [0.1, 0.15) is 5.56 Å². The van der Waals surface area contributed by atoms with Gasteiger partial charge in [-0.05, 0) is 23.8 Å². The number of pyridine rings is 1. The van der Waals surface area contributed by atoms with Gasteiger partial charge in [0, 0.05) is 24.5 Å². The molecule has 18 heavy (non-hydrogen) atoms. The third kappa shape index (κ3) is 2.94. The lowest BCUT2D eigenvalue weighted by molar-refractivity contribution is 0.398. The summed E-state index contributed by atoms with van der Waals surface area (Å²) in [5.74, 6) is -1.20. The lowest BCUT2D eigenvalue weighted by atomic mass is 10.2. The van der Waals surface area contributed by atoms with E-state index >= 15 is 0 Å². The molecule has 0 atom stereocenters. The Morgan fingerprint density at radius 3 is 2.72 bits per heavy atom. The van der Waals surface area contributed by atoms with Gasteiger partial charge in [0.2, 0.25) is 5.88 Å². The summed E-state index contributed by atoms with van der Waals surface area (Å²) in [5, 5.41) is 3.07. The number of anilines is 1. The molecule has 0 aliphatic rings. The molecule has 1 heterocycles. The lowest BCUT2D eigenvalue weighted by Gasteiger charge is -2.07. The first-order chi connectivity index (χ1) is 8.69. The van der Waals surface area contributed by atoms with E-state index < -0.39 is 11.6 Å². The maximum Gasteiger partial charge on any atom is 0.214 e. The highest BCUT2D eigenvalue weighted by Gasteiger charge is 2.02. The topological polar surface area (TPSA) is 34.1 Å². The van der Waals surface area contributed by atoms with Crippen LogP contribution < -0.4 is 10.1 Å². The highest BCUT2D eigenvalue weighted by atomic mass is 19.2. The quantitative estimate of drug-likeness (QED) is 0.905. The number of rotatable bonds is 4. The van der Waals surface area contributed by atoms with E-state index in [1.165, 1.54) is 19.2 Å². The van der Waals surface area contributed by atoms with E-state index in [1.54, 1.807) is 18.3 Å². The van der Waals surface area contributed by atoms with Gasteiger partial charge in [-0.2, -0.15) is 0 Å². The Kier molecular flexibility index (Phi) is 3.72. The monoisotopic (exact) mass is 250 g/mol. The van der Waals surface area contributed by atoms with Gasteiger partial charge in [-0.1, -0.05) is 6.07 Å². The van der Waals surface area contributed by atoms with Crippen molar-refractivity contribution in [1.29, 1.82) is 0 Å². The molecule has 0 radical (unpaired) electrons. The SMILES string of the molecule is COc1cc(NCc2ccc(F)c(F)c2)ccn1. The number of hydrogen-bond donors (Lipinski definition) is 1.